The fourth-order valence-corrected chi connectivity index (χ4v) is 1.70. The minimum atomic E-state index is -4.76. The molecule has 0 unspecified atom stereocenters. The first-order chi connectivity index (χ1) is 9.99. The van der Waals surface area contributed by atoms with Gasteiger partial charge in [0.2, 0.25) is 0 Å². The van der Waals surface area contributed by atoms with E-state index in [1.165, 1.54) is 24.4 Å². The quantitative estimate of drug-likeness (QED) is 0.937. The van der Waals surface area contributed by atoms with Crippen molar-refractivity contribution in [2.24, 2.45) is 0 Å². The normalized spacial score (nSPS) is 10.8. The molecule has 1 heterocycles. The summed E-state index contributed by atoms with van der Waals surface area (Å²) in [5.41, 5.74) is 0.989. The molecule has 0 saturated heterocycles. The molecule has 2 rings (SSSR count). The van der Waals surface area contributed by atoms with Crippen molar-refractivity contribution in [2.75, 3.05) is 5.32 Å². The van der Waals surface area contributed by atoms with Gasteiger partial charge in [-0.1, -0.05) is 18.2 Å². The van der Waals surface area contributed by atoms with E-state index >= 15 is 0 Å². The van der Waals surface area contributed by atoms with E-state index in [4.69, 9.17) is 5.26 Å². The van der Waals surface area contributed by atoms with E-state index in [0.29, 0.717) is 5.56 Å². The van der Waals surface area contributed by atoms with E-state index < -0.39 is 6.36 Å². The topological polar surface area (TPSA) is 57.9 Å². The zero-order valence-corrected chi connectivity index (χ0v) is 10.7. The van der Waals surface area contributed by atoms with Gasteiger partial charge in [-0.3, -0.25) is 0 Å². The summed E-state index contributed by atoms with van der Waals surface area (Å²) in [5, 5.41) is 11.7. The van der Waals surface area contributed by atoms with Gasteiger partial charge in [0.1, 0.15) is 11.8 Å². The van der Waals surface area contributed by atoms with Gasteiger partial charge in [0.25, 0.3) is 0 Å². The first kappa shape index (κ1) is 14.7. The van der Waals surface area contributed by atoms with Gasteiger partial charge in [-0.2, -0.15) is 5.26 Å². The van der Waals surface area contributed by atoms with Crippen LogP contribution in [0.1, 0.15) is 11.3 Å². The second kappa shape index (κ2) is 6.13. The highest BCUT2D eigenvalue weighted by atomic mass is 19.4. The Balaban J connectivity index is 2.15. The second-order valence-corrected chi connectivity index (χ2v) is 4.02. The van der Waals surface area contributed by atoms with Crippen molar-refractivity contribution >= 4 is 5.69 Å². The molecule has 0 saturated carbocycles. The molecule has 1 aromatic carbocycles. The largest absolute Gasteiger partial charge is 0.573 e. The standard InChI is InChI=1S/C14H10F3N3O/c15-14(16,17)21-13-6-2-1-5-11(13)20-9-10-4-3-7-19-12(10)8-18/h1-7,20H,9H2. The average Bonchev–Trinajstić information content (AvgIpc) is 2.45. The second-order valence-electron chi connectivity index (χ2n) is 4.02. The van der Waals surface area contributed by atoms with Crippen LogP contribution in [0.25, 0.3) is 0 Å². The van der Waals surface area contributed by atoms with Crippen molar-refractivity contribution in [3.8, 4) is 11.8 Å². The summed E-state index contributed by atoms with van der Waals surface area (Å²) in [6.07, 6.45) is -3.29. The lowest BCUT2D eigenvalue weighted by atomic mass is 10.2. The summed E-state index contributed by atoms with van der Waals surface area (Å²) in [6.45, 7) is 0.162. The van der Waals surface area contributed by atoms with E-state index in [0.717, 1.165) is 0 Å². The molecular formula is C14H10F3N3O. The minimum Gasteiger partial charge on any atom is -0.404 e. The number of hydrogen-bond acceptors (Lipinski definition) is 4. The van der Waals surface area contributed by atoms with Crippen LogP contribution in [0, 0.1) is 11.3 Å². The average molecular weight is 293 g/mol. The number of nitrogens with one attached hydrogen (secondary N) is 1. The molecule has 1 aromatic heterocycles. The molecule has 108 valence electrons. The third kappa shape index (κ3) is 4.11. The van der Waals surface area contributed by atoms with Crippen LogP contribution in [-0.4, -0.2) is 11.3 Å². The van der Waals surface area contributed by atoms with E-state index in [1.54, 1.807) is 18.2 Å². The van der Waals surface area contributed by atoms with Crippen LogP contribution in [0.5, 0.6) is 5.75 Å². The number of alkyl halides is 3. The zero-order chi connectivity index (χ0) is 15.3. The maximum atomic E-state index is 12.3. The number of pyridine rings is 1. The number of benzene rings is 1. The summed E-state index contributed by atoms with van der Waals surface area (Å²) in [4.78, 5) is 3.88. The van der Waals surface area contributed by atoms with Crippen molar-refractivity contribution in [2.45, 2.75) is 12.9 Å². The minimum absolute atomic E-state index is 0.162. The number of aromatic nitrogens is 1. The number of ether oxygens (including phenoxy) is 1. The molecule has 7 heteroatoms. The first-order valence-corrected chi connectivity index (χ1v) is 5.92. The Morgan fingerprint density at radius 3 is 2.67 bits per heavy atom. The van der Waals surface area contributed by atoms with E-state index in [9.17, 15) is 13.2 Å². The maximum absolute atomic E-state index is 12.3. The van der Waals surface area contributed by atoms with Crippen molar-refractivity contribution in [3.63, 3.8) is 0 Å². The molecule has 0 bridgehead atoms. The molecule has 0 amide bonds. The summed E-state index contributed by atoms with van der Waals surface area (Å²) < 4.78 is 40.8. The molecule has 0 aliphatic rings. The fourth-order valence-electron chi connectivity index (χ4n) is 1.70. The molecule has 2 aromatic rings. The van der Waals surface area contributed by atoms with E-state index in [-0.39, 0.29) is 23.7 Å². The summed E-state index contributed by atoms with van der Waals surface area (Å²) in [6, 6.07) is 10.9. The highest BCUT2D eigenvalue weighted by Crippen LogP contribution is 2.30. The predicted octanol–water partition coefficient (Wildman–Crippen LogP) is 3.46. The molecular weight excluding hydrogens is 283 g/mol. The van der Waals surface area contributed by atoms with Gasteiger partial charge < -0.3 is 10.1 Å². The SMILES string of the molecule is N#Cc1ncccc1CNc1ccccc1OC(F)(F)F. The molecule has 1 N–H and O–H groups in total. The van der Waals surface area contributed by atoms with Crippen LogP contribution >= 0.6 is 0 Å². The Bertz CT molecular complexity index is 665. The van der Waals surface area contributed by atoms with Crippen LogP contribution in [0.15, 0.2) is 42.6 Å². The zero-order valence-electron chi connectivity index (χ0n) is 10.7. The van der Waals surface area contributed by atoms with Crippen molar-refractivity contribution in [1.82, 2.24) is 4.98 Å². The smallest absolute Gasteiger partial charge is 0.404 e. The lowest BCUT2D eigenvalue weighted by molar-refractivity contribution is -0.274. The monoisotopic (exact) mass is 293 g/mol. The van der Waals surface area contributed by atoms with Crippen molar-refractivity contribution in [3.05, 3.63) is 53.9 Å². The molecule has 0 aliphatic carbocycles. The fraction of sp³-hybridized carbons (Fsp3) is 0.143. The van der Waals surface area contributed by atoms with Crippen LogP contribution in [0.3, 0.4) is 0 Å². The lowest BCUT2D eigenvalue weighted by Gasteiger charge is -2.14. The third-order valence-corrected chi connectivity index (χ3v) is 2.58. The van der Waals surface area contributed by atoms with Gasteiger partial charge in [-0.15, -0.1) is 13.2 Å². The summed E-state index contributed by atoms with van der Waals surface area (Å²) in [7, 11) is 0. The highest BCUT2D eigenvalue weighted by Gasteiger charge is 2.32. The number of para-hydroxylation sites is 2. The van der Waals surface area contributed by atoms with Crippen molar-refractivity contribution in [1.29, 1.82) is 5.26 Å². The summed E-state index contributed by atoms with van der Waals surface area (Å²) in [5.74, 6) is -0.326. The Morgan fingerprint density at radius 2 is 1.95 bits per heavy atom. The van der Waals surface area contributed by atoms with Crippen LogP contribution < -0.4 is 10.1 Å². The molecule has 0 fully saturated rings. The number of nitrogens with zero attached hydrogens (tertiary/aromatic N) is 2. The van der Waals surface area contributed by atoms with Gasteiger partial charge >= 0.3 is 6.36 Å². The lowest BCUT2D eigenvalue weighted by Crippen LogP contribution is -2.18. The van der Waals surface area contributed by atoms with Crippen molar-refractivity contribution < 1.29 is 17.9 Å². The predicted molar refractivity (Wildman–Crippen MR) is 69.4 cm³/mol. The maximum Gasteiger partial charge on any atom is 0.573 e. The van der Waals surface area contributed by atoms with Gasteiger partial charge in [-0.05, 0) is 18.2 Å². The van der Waals surface area contributed by atoms with Crippen LogP contribution in [0.2, 0.25) is 0 Å². The number of rotatable bonds is 4. The molecule has 0 atom stereocenters. The Labute approximate surface area is 118 Å². The Hall–Kier alpha value is -2.75. The number of halogens is 3. The number of anilines is 1. The van der Waals surface area contributed by atoms with Crippen LogP contribution in [-0.2, 0) is 6.54 Å². The van der Waals surface area contributed by atoms with Gasteiger partial charge in [0, 0.05) is 18.3 Å². The van der Waals surface area contributed by atoms with Gasteiger partial charge in [0.15, 0.2) is 5.75 Å². The van der Waals surface area contributed by atoms with E-state index in [2.05, 4.69) is 15.0 Å². The molecule has 21 heavy (non-hydrogen) atoms. The number of nitriles is 1. The molecule has 0 spiro atoms. The Morgan fingerprint density at radius 1 is 1.19 bits per heavy atom. The van der Waals surface area contributed by atoms with E-state index in [1.807, 2.05) is 6.07 Å². The van der Waals surface area contributed by atoms with Gasteiger partial charge in [-0.25, -0.2) is 4.98 Å². The summed E-state index contributed by atoms with van der Waals surface area (Å²) >= 11 is 0. The number of hydrogen-bond donors (Lipinski definition) is 1. The highest BCUT2D eigenvalue weighted by molar-refractivity contribution is 5.56. The first-order valence-electron chi connectivity index (χ1n) is 5.92. The van der Waals surface area contributed by atoms with Gasteiger partial charge in [0.05, 0.1) is 5.69 Å². The molecule has 4 nitrogen and oxygen atoms in total. The van der Waals surface area contributed by atoms with Crippen LogP contribution in [0.4, 0.5) is 18.9 Å². The Kier molecular flexibility index (Phi) is 4.28. The third-order valence-electron chi connectivity index (χ3n) is 2.58. The molecule has 0 radical (unpaired) electrons. The molecule has 0 aliphatic heterocycles.